The zero-order valence-corrected chi connectivity index (χ0v) is 24.9. The molecule has 0 radical (unpaired) electrons. The van der Waals surface area contributed by atoms with E-state index in [2.05, 4.69) is 10.3 Å². The summed E-state index contributed by atoms with van der Waals surface area (Å²) in [7, 11) is 0. The van der Waals surface area contributed by atoms with E-state index in [0.717, 1.165) is 41.3 Å². The number of ether oxygens (including phenoxy) is 1. The lowest BCUT2D eigenvalue weighted by Gasteiger charge is -2.22. The van der Waals surface area contributed by atoms with Crippen LogP contribution in [0.15, 0.2) is 23.1 Å². The van der Waals surface area contributed by atoms with Crippen molar-refractivity contribution in [3.63, 3.8) is 0 Å². The molecule has 1 aliphatic carbocycles. The molecule has 3 aromatic heterocycles. The number of rotatable bonds is 5. The number of aliphatic hydroxyl groups is 2. The van der Waals surface area contributed by atoms with Crippen molar-refractivity contribution < 1.29 is 28.9 Å². The molecule has 3 aliphatic rings. The number of aryl methyl sites for hydroxylation is 3. The number of primary amides is 1. The van der Waals surface area contributed by atoms with Crippen LogP contribution in [0.3, 0.4) is 0 Å². The molecule has 7 rings (SSSR count). The van der Waals surface area contributed by atoms with E-state index in [1.54, 1.807) is 23.8 Å². The molecule has 5 heterocycles. The first-order valence-electron chi connectivity index (χ1n) is 14.7. The fraction of sp³-hybridized carbons (Fsp3) is 0.419. The van der Waals surface area contributed by atoms with E-state index in [1.807, 2.05) is 13.8 Å². The summed E-state index contributed by atoms with van der Waals surface area (Å²) in [5.74, 6) is -1.38. The van der Waals surface area contributed by atoms with Gasteiger partial charge in [-0.2, -0.15) is 0 Å². The predicted molar refractivity (Wildman–Crippen MR) is 158 cm³/mol. The minimum atomic E-state index is -1.48. The van der Waals surface area contributed by atoms with Crippen molar-refractivity contribution in [2.75, 3.05) is 6.61 Å². The average molecular weight is 607 g/mol. The van der Waals surface area contributed by atoms with Gasteiger partial charge in [0.25, 0.3) is 5.56 Å². The molecular weight excluding hydrogens is 571 g/mol. The second-order valence-electron chi connectivity index (χ2n) is 10.7. The lowest BCUT2D eigenvalue weighted by molar-refractivity contribution is -0.157. The Morgan fingerprint density at radius 3 is 2.64 bits per heavy atom. The van der Waals surface area contributed by atoms with Crippen molar-refractivity contribution in [2.45, 2.75) is 78.7 Å². The number of cyclic esters (lactones) is 1. The Hall–Kier alpha value is -4.49. The lowest BCUT2D eigenvalue weighted by Crippen LogP contribution is -2.32. The van der Waals surface area contributed by atoms with Gasteiger partial charge in [-0.3, -0.25) is 9.59 Å². The van der Waals surface area contributed by atoms with Crippen LogP contribution in [0.4, 0.5) is 4.39 Å². The SMILES string of the molecule is CC.Cc1c(F)cc2nc3c(c4c2c1CCC4)Cn1c-3cc2c(c1=O)COC(=O)C2O.NC(=O)CCc1cn(CCO)nn1. The molecular formula is C31H35FN6O6. The molecule has 4 aromatic rings. The number of nitrogens with zero attached hydrogens (tertiary/aromatic N) is 5. The monoisotopic (exact) mass is 606 g/mol. The van der Waals surface area contributed by atoms with Crippen molar-refractivity contribution in [3.05, 3.63) is 73.6 Å². The Morgan fingerprint density at radius 1 is 1.16 bits per heavy atom. The molecule has 0 spiro atoms. The molecule has 1 atom stereocenters. The molecule has 232 valence electrons. The maximum absolute atomic E-state index is 14.5. The third-order valence-corrected chi connectivity index (χ3v) is 8.08. The summed E-state index contributed by atoms with van der Waals surface area (Å²) in [6.45, 7) is 6.49. The number of carbonyl (C=O) groups excluding carboxylic acids is 2. The maximum Gasteiger partial charge on any atom is 0.340 e. The number of hydrogen-bond donors (Lipinski definition) is 3. The van der Waals surface area contributed by atoms with E-state index in [9.17, 15) is 23.9 Å². The summed E-state index contributed by atoms with van der Waals surface area (Å²) >= 11 is 0. The number of carbonyl (C=O) groups is 2. The number of aromatic nitrogens is 5. The van der Waals surface area contributed by atoms with Crippen molar-refractivity contribution in [1.82, 2.24) is 24.5 Å². The molecule has 0 bridgehead atoms. The van der Waals surface area contributed by atoms with Crippen LogP contribution in [0.2, 0.25) is 0 Å². The fourth-order valence-corrected chi connectivity index (χ4v) is 5.98. The van der Waals surface area contributed by atoms with Gasteiger partial charge in [0, 0.05) is 41.6 Å². The average Bonchev–Trinajstić information content (AvgIpc) is 3.63. The summed E-state index contributed by atoms with van der Waals surface area (Å²) in [5, 5.41) is 27.4. The Morgan fingerprint density at radius 2 is 1.91 bits per heavy atom. The highest BCUT2D eigenvalue weighted by molar-refractivity contribution is 5.92. The third kappa shape index (κ3) is 5.48. The molecule has 2 aliphatic heterocycles. The highest BCUT2D eigenvalue weighted by Crippen LogP contribution is 2.42. The number of amides is 1. The van der Waals surface area contributed by atoms with Crippen LogP contribution in [0.5, 0.6) is 0 Å². The van der Waals surface area contributed by atoms with Gasteiger partial charge < -0.3 is 25.3 Å². The first kappa shape index (κ1) is 31.0. The quantitative estimate of drug-likeness (QED) is 0.253. The molecule has 0 saturated heterocycles. The predicted octanol–water partition coefficient (Wildman–Crippen LogP) is 2.17. The number of esters is 1. The summed E-state index contributed by atoms with van der Waals surface area (Å²) < 4.78 is 22.6. The lowest BCUT2D eigenvalue weighted by atomic mass is 9.85. The minimum Gasteiger partial charge on any atom is -0.458 e. The van der Waals surface area contributed by atoms with Gasteiger partial charge in [0.2, 0.25) is 5.91 Å². The molecule has 44 heavy (non-hydrogen) atoms. The van der Waals surface area contributed by atoms with Crippen molar-refractivity contribution in [2.24, 2.45) is 5.73 Å². The largest absolute Gasteiger partial charge is 0.458 e. The summed E-state index contributed by atoms with van der Waals surface area (Å²) in [5.41, 5.74) is 11.5. The molecule has 13 heteroatoms. The third-order valence-electron chi connectivity index (χ3n) is 8.08. The van der Waals surface area contributed by atoms with Gasteiger partial charge in [-0.25, -0.2) is 18.9 Å². The Labute approximate surface area is 252 Å². The van der Waals surface area contributed by atoms with Crippen LogP contribution < -0.4 is 11.3 Å². The molecule has 12 nitrogen and oxygen atoms in total. The number of nitrogens with two attached hydrogens (primary N) is 1. The summed E-state index contributed by atoms with van der Waals surface area (Å²) in [6.07, 6.45) is 3.59. The van der Waals surface area contributed by atoms with Crippen LogP contribution in [0.1, 0.15) is 71.9 Å². The van der Waals surface area contributed by atoms with Gasteiger partial charge in [0.15, 0.2) is 6.10 Å². The number of halogens is 1. The van der Waals surface area contributed by atoms with Gasteiger partial charge in [0.1, 0.15) is 12.4 Å². The first-order chi connectivity index (χ1) is 21.2. The summed E-state index contributed by atoms with van der Waals surface area (Å²) in [4.78, 5) is 40.0. The van der Waals surface area contributed by atoms with Crippen LogP contribution in [0.25, 0.3) is 22.3 Å². The number of benzene rings is 1. The standard InChI is InChI=1S/C22H17FN2O4.C7H12N4O2.C2H6/c1-9-10-3-2-4-11-13-7-25-17(19(13)24-16(18(10)11)6-15(9)23)5-12-14(21(25)27)8-29-22(28)20(12)26;8-7(13)2-1-6-5-11(3-4-12)10-9-6;1-2/h5-6,20,26H,2-4,7-8H2,1H3;5,12H,1-4H2,(H2,8,13);1-2H3. The Kier molecular flexibility index (Phi) is 8.88. The van der Waals surface area contributed by atoms with E-state index >= 15 is 0 Å². The topological polar surface area (TPSA) is 175 Å². The maximum atomic E-state index is 14.5. The minimum absolute atomic E-state index is 0.0264. The van der Waals surface area contributed by atoms with E-state index in [-0.39, 0.29) is 42.5 Å². The molecule has 4 N–H and O–H groups in total. The van der Waals surface area contributed by atoms with Crippen LogP contribution in [0, 0.1) is 12.7 Å². The van der Waals surface area contributed by atoms with Crippen LogP contribution in [-0.2, 0) is 53.3 Å². The van der Waals surface area contributed by atoms with Crippen LogP contribution >= 0.6 is 0 Å². The molecule has 1 amide bonds. The number of hydrogen-bond acceptors (Lipinski definition) is 9. The van der Waals surface area contributed by atoms with Crippen LogP contribution in [-0.4, -0.2) is 53.2 Å². The molecule has 0 fully saturated rings. The van der Waals surface area contributed by atoms with Gasteiger partial charge in [-0.1, -0.05) is 19.1 Å². The van der Waals surface area contributed by atoms with Gasteiger partial charge in [-0.05, 0) is 48.9 Å². The molecule has 1 unspecified atom stereocenters. The van der Waals surface area contributed by atoms with E-state index < -0.39 is 12.1 Å². The smallest absolute Gasteiger partial charge is 0.340 e. The first-order valence-corrected chi connectivity index (χ1v) is 14.7. The second kappa shape index (κ2) is 12.6. The van der Waals surface area contributed by atoms with Crippen molar-refractivity contribution in [3.8, 4) is 11.4 Å². The second-order valence-corrected chi connectivity index (χ2v) is 10.7. The van der Waals surface area contributed by atoms with E-state index in [1.165, 1.54) is 10.7 Å². The molecule has 0 saturated carbocycles. The highest BCUT2D eigenvalue weighted by atomic mass is 19.1. The Balaban J connectivity index is 0.000000217. The highest BCUT2D eigenvalue weighted by Gasteiger charge is 2.35. The van der Waals surface area contributed by atoms with Crippen molar-refractivity contribution >= 4 is 22.8 Å². The van der Waals surface area contributed by atoms with Gasteiger partial charge >= 0.3 is 5.97 Å². The number of aliphatic hydroxyl groups excluding tert-OH is 2. The van der Waals surface area contributed by atoms with E-state index in [4.69, 9.17) is 20.6 Å². The zero-order valence-electron chi connectivity index (χ0n) is 24.9. The normalized spacial score (nSPS) is 15.7. The van der Waals surface area contributed by atoms with Crippen molar-refractivity contribution in [1.29, 1.82) is 0 Å². The van der Waals surface area contributed by atoms with Gasteiger partial charge in [0.05, 0.1) is 47.9 Å². The van der Waals surface area contributed by atoms with E-state index in [0.29, 0.717) is 53.2 Å². The fourth-order valence-electron chi connectivity index (χ4n) is 5.98. The number of fused-ring (bicyclic) bond motifs is 5. The summed E-state index contributed by atoms with van der Waals surface area (Å²) in [6, 6.07) is 3.13. The number of pyridine rings is 2. The van der Waals surface area contributed by atoms with Gasteiger partial charge in [-0.15, -0.1) is 5.10 Å². The molecule has 1 aromatic carbocycles. The Bertz CT molecular complexity index is 1830. The zero-order chi connectivity index (χ0) is 31.7.